The van der Waals surface area contributed by atoms with Gasteiger partial charge in [-0.3, -0.25) is 0 Å². The second-order valence-corrected chi connectivity index (χ2v) is 4.50. The fraction of sp³-hybridized carbons (Fsp3) is 0.385. The van der Waals surface area contributed by atoms with E-state index in [4.69, 9.17) is 15.0 Å². The minimum absolute atomic E-state index is 0.0340. The zero-order valence-electron chi connectivity index (χ0n) is 10.9. The third-order valence-corrected chi connectivity index (χ3v) is 2.42. The lowest BCUT2D eigenvalue weighted by Crippen LogP contribution is -2.17. The summed E-state index contributed by atoms with van der Waals surface area (Å²) < 4.78 is 23.8. The summed E-state index contributed by atoms with van der Waals surface area (Å²) in [5.74, 6) is 0.965. The molecule has 1 aromatic carbocycles. The van der Waals surface area contributed by atoms with Crippen molar-refractivity contribution in [3.05, 3.63) is 41.3 Å². The van der Waals surface area contributed by atoms with Crippen LogP contribution in [-0.2, 0) is 13.0 Å². The smallest absolute Gasteiger partial charge is 0.264 e. The van der Waals surface area contributed by atoms with Crippen LogP contribution in [0.2, 0.25) is 0 Å². The van der Waals surface area contributed by atoms with Crippen LogP contribution in [0.25, 0.3) is 0 Å². The molecule has 1 aromatic heterocycles. The number of nitrogens with two attached hydrogens (primary N) is 1. The maximum absolute atomic E-state index is 13.4. The van der Waals surface area contributed by atoms with Gasteiger partial charge in [0.05, 0.1) is 0 Å². The van der Waals surface area contributed by atoms with E-state index in [0.717, 1.165) is 5.56 Å². The third-order valence-electron chi connectivity index (χ3n) is 2.42. The number of nitrogens with zero attached hydrogens (tertiary/aromatic N) is 2. The molecule has 6 heteroatoms. The van der Waals surface area contributed by atoms with E-state index in [1.165, 1.54) is 12.1 Å². The molecule has 5 nitrogen and oxygen atoms in total. The summed E-state index contributed by atoms with van der Waals surface area (Å²) in [7, 11) is 0. The molecule has 2 N–H and O–H groups in total. The van der Waals surface area contributed by atoms with Gasteiger partial charge in [-0.2, -0.15) is 4.98 Å². The summed E-state index contributed by atoms with van der Waals surface area (Å²) in [6.45, 7) is 3.70. The molecule has 0 radical (unpaired) electrons. The standard InChI is InChI=1S/C13H16FN3O2/c1-8(15)3-10-4-11(14)6-12(5-10)18-7-13-16-9(2)17-19-13/h4-6,8H,3,7,15H2,1-2H3. The summed E-state index contributed by atoms with van der Waals surface area (Å²) in [4.78, 5) is 4.00. The van der Waals surface area contributed by atoms with E-state index in [9.17, 15) is 4.39 Å². The Morgan fingerprint density at radius 2 is 2.21 bits per heavy atom. The highest BCUT2D eigenvalue weighted by Crippen LogP contribution is 2.18. The molecule has 2 aromatic rings. The number of aromatic nitrogens is 2. The molecule has 1 heterocycles. The van der Waals surface area contributed by atoms with E-state index in [1.807, 2.05) is 6.92 Å². The largest absolute Gasteiger partial charge is 0.484 e. The highest BCUT2D eigenvalue weighted by Gasteiger charge is 2.07. The first-order valence-electron chi connectivity index (χ1n) is 6.00. The Morgan fingerprint density at radius 1 is 1.42 bits per heavy atom. The predicted octanol–water partition coefficient (Wildman–Crippen LogP) is 1.99. The fourth-order valence-corrected chi connectivity index (χ4v) is 1.74. The summed E-state index contributed by atoms with van der Waals surface area (Å²) in [5, 5.41) is 3.65. The Bertz CT molecular complexity index is 555. The Kier molecular flexibility index (Phi) is 4.11. The van der Waals surface area contributed by atoms with Gasteiger partial charge >= 0.3 is 0 Å². The first kappa shape index (κ1) is 13.5. The van der Waals surface area contributed by atoms with Crippen molar-refractivity contribution >= 4 is 0 Å². The van der Waals surface area contributed by atoms with Crippen LogP contribution in [0.1, 0.15) is 24.2 Å². The van der Waals surface area contributed by atoms with E-state index >= 15 is 0 Å². The molecular formula is C13H16FN3O2. The van der Waals surface area contributed by atoms with Gasteiger partial charge in [-0.05, 0) is 38.0 Å². The molecule has 0 aliphatic rings. The van der Waals surface area contributed by atoms with Gasteiger partial charge in [0.2, 0.25) is 0 Å². The highest BCUT2D eigenvalue weighted by molar-refractivity contribution is 5.30. The maximum atomic E-state index is 13.4. The van der Waals surface area contributed by atoms with Crippen LogP contribution in [-0.4, -0.2) is 16.2 Å². The topological polar surface area (TPSA) is 74.2 Å². The first-order chi connectivity index (χ1) is 9.02. The Morgan fingerprint density at radius 3 is 2.84 bits per heavy atom. The van der Waals surface area contributed by atoms with Crippen LogP contribution >= 0.6 is 0 Å². The summed E-state index contributed by atoms with van der Waals surface area (Å²) >= 11 is 0. The van der Waals surface area contributed by atoms with Gasteiger partial charge in [0.15, 0.2) is 12.4 Å². The lowest BCUT2D eigenvalue weighted by molar-refractivity contribution is 0.241. The zero-order valence-corrected chi connectivity index (χ0v) is 10.9. The Hall–Kier alpha value is -1.95. The molecule has 19 heavy (non-hydrogen) atoms. The van der Waals surface area contributed by atoms with Crippen molar-refractivity contribution in [3.8, 4) is 5.75 Å². The van der Waals surface area contributed by atoms with Crippen LogP contribution in [0, 0.1) is 12.7 Å². The van der Waals surface area contributed by atoms with E-state index < -0.39 is 0 Å². The number of halogens is 1. The van der Waals surface area contributed by atoms with Crippen molar-refractivity contribution in [3.63, 3.8) is 0 Å². The van der Waals surface area contributed by atoms with Crippen molar-refractivity contribution in [2.24, 2.45) is 5.73 Å². The molecule has 0 bridgehead atoms. The minimum Gasteiger partial charge on any atom is -0.484 e. The number of hydrogen-bond acceptors (Lipinski definition) is 5. The van der Waals surface area contributed by atoms with Gasteiger partial charge < -0.3 is 15.0 Å². The molecule has 1 atom stereocenters. The molecule has 0 spiro atoms. The van der Waals surface area contributed by atoms with Gasteiger partial charge in [0, 0.05) is 12.1 Å². The minimum atomic E-state index is -0.352. The molecule has 102 valence electrons. The highest BCUT2D eigenvalue weighted by atomic mass is 19.1. The predicted molar refractivity (Wildman–Crippen MR) is 67.1 cm³/mol. The molecule has 0 amide bonds. The monoisotopic (exact) mass is 265 g/mol. The molecule has 0 saturated heterocycles. The van der Waals surface area contributed by atoms with E-state index in [0.29, 0.717) is 23.9 Å². The number of hydrogen-bond donors (Lipinski definition) is 1. The van der Waals surface area contributed by atoms with Gasteiger partial charge in [0.25, 0.3) is 5.89 Å². The molecule has 0 saturated carbocycles. The molecule has 2 rings (SSSR count). The molecular weight excluding hydrogens is 249 g/mol. The average Bonchev–Trinajstić information content (AvgIpc) is 2.71. The molecule has 1 unspecified atom stereocenters. The summed E-state index contributed by atoms with van der Waals surface area (Å²) in [6, 6.07) is 4.49. The maximum Gasteiger partial charge on any atom is 0.264 e. The quantitative estimate of drug-likeness (QED) is 0.894. The summed E-state index contributed by atoms with van der Waals surface area (Å²) in [6.07, 6.45) is 0.591. The second-order valence-electron chi connectivity index (χ2n) is 4.50. The van der Waals surface area contributed by atoms with Crippen molar-refractivity contribution in [2.75, 3.05) is 0 Å². The second kappa shape index (κ2) is 5.79. The molecule has 0 fully saturated rings. The van der Waals surface area contributed by atoms with Crippen LogP contribution < -0.4 is 10.5 Å². The summed E-state index contributed by atoms with van der Waals surface area (Å²) in [5.41, 5.74) is 6.49. The van der Waals surface area contributed by atoms with Gasteiger partial charge in [-0.1, -0.05) is 5.16 Å². The van der Waals surface area contributed by atoms with E-state index in [-0.39, 0.29) is 18.5 Å². The Balaban J connectivity index is 2.05. The number of rotatable bonds is 5. The van der Waals surface area contributed by atoms with Crippen molar-refractivity contribution < 1.29 is 13.7 Å². The SMILES string of the molecule is Cc1noc(COc2cc(F)cc(CC(C)N)c2)n1. The van der Waals surface area contributed by atoms with Crippen LogP contribution in [0.3, 0.4) is 0 Å². The normalized spacial score (nSPS) is 12.4. The van der Waals surface area contributed by atoms with E-state index in [1.54, 1.807) is 13.0 Å². The van der Waals surface area contributed by atoms with Gasteiger partial charge in [-0.15, -0.1) is 0 Å². The van der Waals surface area contributed by atoms with Crippen LogP contribution in [0.4, 0.5) is 4.39 Å². The number of benzene rings is 1. The fourth-order valence-electron chi connectivity index (χ4n) is 1.74. The van der Waals surface area contributed by atoms with Crippen molar-refractivity contribution in [2.45, 2.75) is 32.9 Å². The molecule has 0 aliphatic carbocycles. The zero-order chi connectivity index (χ0) is 13.8. The van der Waals surface area contributed by atoms with Crippen molar-refractivity contribution in [1.82, 2.24) is 10.1 Å². The van der Waals surface area contributed by atoms with E-state index in [2.05, 4.69) is 10.1 Å². The van der Waals surface area contributed by atoms with Crippen LogP contribution in [0.15, 0.2) is 22.7 Å². The van der Waals surface area contributed by atoms with Gasteiger partial charge in [0.1, 0.15) is 11.6 Å². The first-order valence-corrected chi connectivity index (χ1v) is 6.00. The average molecular weight is 265 g/mol. The lowest BCUT2D eigenvalue weighted by Gasteiger charge is -2.09. The van der Waals surface area contributed by atoms with Crippen molar-refractivity contribution in [1.29, 1.82) is 0 Å². The Labute approximate surface area is 110 Å². The molecule has 0 aliphatic heterocycles. The van der Waals surface area contributed by atoms with Gasteiger partial charge in [-0.25, -0.2) is 4.39 Å². The number of aryl methyl sites for hydroxylation is 1. The third kappa shape index (κ3) is 4.03. The van der Waals surface area contributed by atoms with Crippen LogP contribution in [0.5, 0.6) is 5.75 Å². The number of ether oxygens (including phenoxy) is 1. The lowest BCUT2D eigenvalue weighted by atomic mass is 10.1.